The van der Waals surface area contributed by atoms with Gasteiger partial charge in [0.25, 0.3) is 5.95 Å². The van der Waals surface area contributed by atoms with Crippen LogP contribution in [0.3, 0.4) is 0 Å². The Morgan fingerprint density at radius 1 is 0.955 bits per heavy atom. The van der Waals surface area contributed by atoms with Crippen molar-refractivity contribution in [1.82, 2.24) is 0 Å². The van der Waals surface area contributed by atoms with E-state index in [4.69, 9.17) is 9.15 Å². The first-order valence-electron chi connectivity index (χ1n) is 7.14. The Morgan fingerprint density at radius 2 is 1.55 bits per heavy atom. The number of methoxy groups -OCH3 is 1. The molecule has 1 unspecified atom stereocenters. The van der Waals surface area contributed by atoms with Gasteiger partial charge in [-0.2, -0.15) is 0 Å². The molecule has 0 aliphatic heterocycles. The molecule has 0 amide bonds. The summed E-state index contributed by atoms with van der Waals surface area (Å²) >= 11 is 0. The fraction of sp³-hybridized carbons (Fsp3) is 0.158. The van der Waals surface area contributed by atoms with E-state index >= 15 is 0 Å². The van der Waals surface area contributed by atoms with Gasteiger partial charge in [0.05, 0.1) is 7.11 Å². The minimum atomic E-state index is -1.17. The number of furan rings is 1. The van der Waals surface area contributed by atoms with Gasteiger partial charge < -0.3 is 14.3 Å². The smallest absolute Gasteiger partial charge is 0.284 e. The van der Waals surface area contributed by atoms with Crippen molar-refractivity contribution in [3.05, 3.63) is 77.9 Å². The molecule has 3 aromatic rings. The number of aliphatic hydroxyl groups is 1. The van der Waals surface area contributed by atoms with Crippen LogP contribution in [0.5, 0.6) is 5.95 Å². The Bertz CT molecular complexity index is 743. The van der Waals surface area contributed by atoms with Gasteiger partial charge in [0, 0.05) is 17.2 Å². The van der Waals surface area contributed by atoms with Gasteiger partial charge in [-0.25, -0.2) is 0 Å². The van der Waals surface area contributed by atoms with Gasteiger partial charge in [-0.1, -0.05) is 60.7 Å². The van der Waals surface area contributed by atoms with E-state index in [-0.39, 0.29) is 0 Å². The average Bonchev–Trinajstić information content (AvgIpc) is 3.02. The number of hydrogen-bond acceptors (Lipinski definition) is 3. The third-order valence-corrected chi connectivity index (χ3v) is 3.81. The van der Waals surface area contributed by atoms with E-state index in [9.17, 15) is 5.11 Å². The van der Waals surface area contributed by atoms with Crippen LogP contribution in [0.25, 0.3) is 11.3 Å². The first kappa shape index (κ1) is 14.4. The molecule has 0 fully saturated rings. The fourth-order valence-corrected chi connectivity index (χ4v) is 2.55. The Balaban J connectivity index is 2.16. The number of hydrogen-bond donors (Lipinski definition) is 1. The van der Waals surface area contributed by atoms with Crippen LogP contribution in [0.1, 0.15) is 18.1 Å². The number of benzene rings is 2. The van der Waals surface area contributed by atoms with Crippen molar-refractivity contribution in [3.8, 4) is 17.3 Å². The second-order valence-corrected chi connectivity index (χ2v) is 5.32. The lowest BCUT2D eigenvalue weighted by Gasteiger charge is -2.23. The maximum absolute atomic E-state index is 11.1. The lowest BCUT2D eigenvalue weighted by Crippen LogP contribution is -2.22. The Kier molecular flexibility index (Phi) is 3.73. The molecule has 0 aliphatic carbocycles. The van der Waals surface area contributed by atoms with Crippen molar-refractivity contribution >= 4 is 0 Å². The van der Waals surface area contributed by atoms with Gasteiger partial charge in [-0.3, -0.25) is 0 Å². The van der Waals surface area contributed by atoms with Crippen LogP contribution in [0.2, 0.25) is 0 Å². The number of rotatable bonds is 4. The Hall–Kier alpha value is -2.52. The lowest BCUT2D eigenvalue weighted by atomic mass is 9.87. The van der Waals surface area contributed by atoms with Crippen molar-refractivity contribution in [1.29, 1.82) is 0 Å². The second-order valence-electron chi connectivity index (χ2n) is 5.32. The zero-order valence-corrected chi connectivity index (χ0v) is 12.6. The summed E-state index contributed by atoms with van der Waals surface area (Å²) in [6.07, 6.45) is 0. The van der Waals surface area contributed by atoms with Gasteiger partial charge in [0.1, 0.15) is 11.4 Å². The highest BCUT2D eigenvalue weighted by Gasteiger charge is 2.32. The van der Waals surface area contributed by atoms with E-state index in [1.165, 1.54) is 0 Å². The molecule has 0 aliphatic rings. The van der Waals surface area contributed by atoms with Crippen molar-refractivity contribution in [2.24, 2.45) is 0 Å². The summed E-state index contributed by atoms with van der Waals surface area (Å²) in [5, 5.41) is 11.1. The quantitative estimate of drug-likeness (QED) is 0.783. The highest BCUT2D eigenvalue weighted by atomic mass is 16.6. The molecule has 0 saturated heterocycles. The standard InChI is InChI=1S/C19H18O3/c1-19(20,15-11-7-4-8-12-15)16-13-17(21-2)22-18(16)14-9-5-3-6-10-14/h3-13,20H,1-2H3. The molecule has 3 heteroatoms. The predicted octanol–water partition coefficient (Wildman–Crippen LogP) is 4.21. The van der Waals surface area contributed by atoms with Gasteiger partial charge in [-0.05, 0) is 12.5 Å². The normalized spacial score (nSPS) is 13.6. The van der Waals surface area contributed by atoms with E-state index < -0.39 is 5.60 Å². The first-order valence-corrected chi connectivity index (χ1v) is 7.14. The zero-order valence-electron chi connectivity index (χ0n) is 12.6. The maximum atomic E-state index is 11.1. The highest BCUT2D eigenvalue weighted by molar-refractivity contribution is 5.65. The molecule has 0 radical (unpaired) electrons. The van der Waals surface area contributed by atoms with Gasteiger partial charge in [0.15, 0.2) is 0 Å². The SMILES string of the molecule is COc1cc(C(C)(O)c2ccccc2)c(-c2ccccc2)o1. The largest absolute Gasteiger partial charge is 0.468 e. The van der Waals surface area contributed by atoms with E-state index in [2.05, 4.69) is 0 Å². The third-order valence-electron chi connectivity index (χ3n) is 3.81. The molecule has 1 N–H and O–H groups in total. The monoisotopic (exact) mass is 294 g/mol. The van der Waals surface area contributed by atoms with Crippen LogP contribution in [0.4, 0.5) is 0 Å². The minimum Gasteiger partial charge on any atom is -0.468 e. The summed E-state index contributed by atoms with van der Waals surface area (Å²) in [5.41, 5.74) is 1.21. The second kappa shape index (κ2) is 5.70. The van der Waals surface area contributed by atoms with E-state index in [0.717, 1.165) is 11.1 Å². The zero-order chi connectivity index (χ0) is 15.6. The van der Waals surface area contributed by atoms with Crippen LogP contribution in [0.15, 0.2) is 71.1 Å². The van der Waals surface area contributed by atoms with Crippen molar-refractivity contribution in [2.75, 3.05) is 7.11 Å². The summed E-state index contributed by atoms with van der Waals surface area (Å²) in [4.78, 5) is 0. The van der Waals surface area contributed by atoms with Crippen LogP contribution in [0, 0.1) is 0 Å². The molecule has 2 aromatic carbocycles. The molecular formula is C19H18O3. The Labute approximate surface area is 129 Å². The molecule has 0 bridgehead atoms. The van der Waals surface area contributed by atoms with Gasteiger partial charge in [-0.15, -0.1) is 0 Å². The molecule has 112 valence electrons. The molecule has 1 heterocycles. The molecule has 3 nitrogen and oxygen atoms in total. The predicted molar refractivity (Wildman–Crippen MR) is 85.8 cm³/mol. The van der Waals surface area contributed by atoms with Crippen LogP contribution >= 0.6 is 0 Å². The Morgan fingerprint density at radius 3 is 2.14 bits per heavy atom. The molecule has 3 rings (SSSR count). The summed E-state index contributed by atoms with van der Waals surface area (Å²) in [5.74, 6) is 0.997. The summed E-state index contributed by atoms with van der Waals surface area (Å²) in [6.45, 7) is 1.76. The molecule has 1 aromatic heterocycles. The molecule has 1 atom stereocenters. The summed E-state index contributed by atoms with van der Waals surface area (Å²) < 4.78 is 11.0. The van der Waals surface area contributed by atoms with Crippen molar-refractivity contribution in [2.45, 2.75) is 12.5 Å². The minimum absolute atomic E-state index is 0.380. The molecule has 0 saturated carbocycles. The van der Waals surface area contributed by atoms with Gasteiger partial charge >= 0.3 is 0 Å². The van der Waals surface area contributed by atoms with Crippen LogP contribution in [-0.4, -0.2) is 12.2 Å². The van der Waals surface area contributed by atoms with Gasteiger partial charge in [0.2, 0.25) is 0 Å². The lowest BCUT2D eigenvalue weighted by molar-refractivity contribution is 0.102. The third kappa shape index (κ3) is 2.51. The highest BCUT2D eigenvalue weighted by Crippen LogP contribution is 2.40. The van der Waals surface area contributed by atoms with Crippen LogP contribution < -0.4 is 4.74 Å². The van der Waals surface area contributed by atoms with Crippen LogP contribution in [-0.2, 0) is 5.60 Å². The first-order chi connectivity index (χ1) is 10.6. The maximum Gasteiger partial charge on any atom is 0.284 e. The van der Waals surface area contributed by atoms with E-state index in [1.807, 2.05) is 60.7 Å². The number of ether oxygens (including phenoxy) is 1. The summed E-state index contributed by atoms with van der Waals surface area (Å²) in [6, 6.07) is 21.0. The topological polar surface area (TPSA) is 42.6 Å². The van der Waals surface area contributed by atoms with Crippen molar-refractivity contribution < 1.29 is 14.3 Å². The van der Waals surface area contributed by atoms with E-state index in [1.54, 1.807) is 20.1 Å². The molecular weight excluding hydrogens is 276 g/mol. The molecule has 22 heavy (non-hydrogen) atoms. The van der Waals surface area contributed by atoms with E-state index in [0.29, 0.717) is 17.3 Å². The van der Waals surface area contributed by atoms with Crippen molar-refractivity contribution in [3.63, 3.8) is 0 Å². The molecule has 0 spiro atoms. The fourth-order valence-electron chi connectivity index (χ4n) is 2.55. The summed E-state index contributed by atoms with van der Waals surface area (Å²) in [7, 11) is 1.55. The average molecular weight is 294 g/mol.